The molecule has 6 heteroatoms. The standard InChI is InChI=1S/C16H18N4O2/c1-2-20-10-12(9-17-20)15-11-19(7-8-21-15)16-18-13-5-3-4-6-14(13)22-16/h3-6,9-10,15H,2,7-8,11H2,1H3. The van der Waals surface area contributed by atoms with E-state index in [1.807, 2.05) is 41.3 Å². The van der Waals surface area contributed by atoms with Gasteiger partial charge in [0.15, 0.2) is 5.58 Å². The molecule has 1 fully saturated rings. The summed E-state index contributed by atoms with van der Waals surface area (Å²) in [4.78, 5) is 6.71. The minimum absolute atomic E-state index is 0.00376. The summed E-state index contributed by atoms with van der Waals surface area (Å²) < 4.78 is 13.7. The largest absolute Gasteiger partial charge is 0.423 e. The van der Waals surface area contributed by atoms with Crippen molar-refractivity contribution in [3.05, 3.63) is 42.2 Å². The van der Waals surface area contributed by atoms with Gasteiger partial charge in [0.1, 0.15) is 11.6 Å². The average molecular weight is 298 g/mol. The van der Waals surface area contributed by atoms with Crippen LogP contribution in [0.15, 0.2) is 41.1 Å². The number of oxazole rings is 1. The van der Waals surface area contributed by atoms with Crippen molar-refractivity contribution in [1.29, 1.82) is 0 Å². The van der Waals surface area contributed by atoms with Crippen LogP contribution >= 0.6 is 0 Å². The first-order valence-electron chi connectivity index (χ1n) is 7.58. The van der Waals surface area contributed by atoms with Gasteiger partial charge in [0.05, 0.1) is 19.3 Å². The molecule has 1 aromatic carbocycles. The summed E-state index contributed by atoms with van der Waals surface area (Å²) in [6.07, 6.45) is 3.92. The van der Waals surface area contributed by atoms with Gasteiger partial charge in [-0.1, -0.05) is 12.1 Å². The van der Waals surface area contributed by atoms with Gasteiger partial charge in [0.25, 0.3) is 6.01 Å². The van der Waals surface area contributed by atoms with Crippen molar-refractivity contribution in [2.24, 2.45) is 0 Å². The van der Waals surface area contributed by atoms with Gasteiger partial charge >= 0.3 is 0 Å². The summed E-state index contributed by atoms with van der Waals surface area (Å²) in [6.45, 7) is 5.10. The number of fused-ring (bicyclic) bond motifs is 1. The second kappa shape index (κ2) is 5.46. The van der Waals surface area contributed by atoms with Crippen LogP contribution in [0.25, 0.3) is 11.1 Å². The molecule has 1 saturated heterocycles. The SMILES string of the molecule is CCn1cc(C2CN(c3nc4ccccc4o3)CCO2)cn1. The van der Waals surface area contributed by atoms with E-state index in [1.165, 1.54) is 0 Å². The topological polar surface area (TPSA) is 56.3 Å². The number of morpholine rings is 1. The molecule has 1 unspecified atom stereocenters. The highest BCUT2D eigenvalue weighted by Crippen LogP contribution is 2.27. The van der Waals surface area contributed by atoms with Crippen LogP contribution in [0, 0.1) is 0 Å². The summed E-state index contributed by atoms with van der Waals surface area (Å²) in [5, 5.41) is 4.32. The Labute approximate surface area is 128 Å². The molecule has 1 aliphatic rings. The molecule has 1 atom stereocenters. The van der Waals surface area contributed by atoms with Crippen LogP contribution in [0.1, 0.15) is 18.6 Å². The van der Waals surface area contributed by atoms with E-state index in [-0.39, 0.29) is 6.10 Å². The van der Waals surface area contributed by atoms with Crippen molar-refractivity contribution in [2.75, 3.05) is 24.6 Å². The highest BCUT2D eigenvalue weighted by atomic mass is 16.5. The van der Waals surface area contributed by atoms with Crippen molar-refractivity contribution >= 4 is 17.1 Å². The van der Waals surface area contributed by atoms with Crippen LogP contribution in [0.3, 0.4) is 0 Å². The Hall–Kier alpha value is -2.34. The van der Waals surface area contributed by atoms with Gasteiger partial charge in [-0.2, -0.15) is 10.1 Å². The third-order valence-corrected chi connectivity index (χ3v) is 3.97. The van der Waals surface area contributed by atoms with Crippen LogP contribution < -0.4 is 4.90 Å². The number of nitrogens with zero attached hydrogens (tertiary/aromatic N) is 4. The van der Waals surface area contributed by atoms with Crippen molar-refractivity contribution in [2.45, 2.75) is 19.6 Å². The number of aromatic nitrogens is 3. The van der Waals surface area contributed by atoms with Crippen molar-refractivity contribution < 1.29 is 9.15 Å². The van der Waals surface area contributed by atoms with E-state index in [1.54, 1.807) is 0 Å². The average Bonchev–Trinajstić information content (AvgIpc) is 3.21. The molecule has 0 aliphatic carbocycles. The summed E-state index contributed by atoms with van der Waals surface area (Å²) >= 11 is 0. The van der Waals surface area contributed by atoms with E-state index in [4.69, 9.17) is 9.15 Å². The fraction of sp³-hybridized carbons (Fsp3) is 0.375. The molecule has 0 radical (unpaired) electrons. The molecule has 6 nitrogen and oxygen atoms in total. The van der Waals surface area contributed by atoms with Gasteiger partial charge in [0.2, 0.25) is 0 Å². The number of anilines is 1. The van der Waals surface area contributed by atoms with Gasteiger partial charge in [0, 0.05) is 24.8 Å². The molecular formula is C16H18N4O2. The molecule has 0 N–H and O–H groups in total. The fourth-order valence-electron chi connectivity index (χ4n) is 2.74. The van der Waals surface area contributed by atoms with Crippen LogP contribution in [0.2, 0.25) is 0 Å². The van der Waals surface area contributed by atoms with Gasteiger partial charge < -0.3 is 14.1 Å². The molecular weight excluding hydrogens is 280 g/mol. The number of ether oxygens (including phenoxy) is 1. The smallest absolute Gasteiger partial charge is 0.298 e. The van der Waals surface area contributed by atoms with E-state index < -0.39 is 0 Å². The Bertz CT molecular complexity index is 746. The number of hydrogen-bond donors (Lipinski definition) is 0. The second-order valence-electron chi connectivity index (χ2n) is 5.40. The van der Waals surface area contributed by atoms with E-state index in [0.717, 1.165) is 36.3 Å². The molecule has 3 aromatic rings. The molecule has 0 spiro atoms. The van der Waals surface area contributed by atoms with E-state index >= 15 is 0 Å². The lowest BCUT2D eigenvalue weighted by atomic mass is 10.2. The Morgan fingerprint density at radius 1 is 1.32 bits per heavy atom. The predicted octanol–water partition coefficient (Wildman–Crippen LogP) is 2.62. The summed E-state index contributed by atoms with van der Waals surface area (Å²) in [6, 6.07) is 8.49. The predicted molar refractivity (Wildman–Crippen MR) is 82.8 cm³/mol. The van der Waals surface area contributed by atoms with Crippen molar-refractivity contribution in [3.8, 4) is 0 Å². The zero-order chi connectivity index (χ0) is 14.9. The first-order chi connectivity index (χ1) is 10.8. The molecule has 1 aliphatic heterocycles. The number of benzene rings is 1. The maximum atomic E-state index is 5.88. The van der Waals surface area contributed by atoms with Crippen molar-refractivity contribution in [1.82, 2.24) is 14.8 Å². The van der Waals surface area contributed by atoms with Gasteiger partial charge in [-0.05, 0) is 19.1 Å². The Morgan fingerprint density at radius 3 is 3.05 bits per heavy atom. The number of para-hydroxylation sites is 2. The van der Waals surface area contributed by atoms with Crippen LogP contribution in [-0.2, 0) is 11.3 Å². The van der Waals surface area contributed by atoms with Crippen LogP contribution in [-0.4, -0.2) is 34.5 Å². The minimum atomic E-state index is 0.00376. The number of hydrogen-bond acceptors (Lipinski definition) is 5. The van der Waals surface area contributed by atoms with Crippen molar-refractivity contribution in [3.63, 3.8) is 0 Å². The molecule has 4 rings (SSSR count). The van der Waals surface area contributed by atoms with E-state index in [2.05, 4.69) is 21.9 Å². The second-order valence-corrected chi connectivity index (χ2v) is 5.40. The number of aryl methyl sites for hydroxylation is 1. The Balaban J connectivity index is 1.57. The molecule has 0 amide bonds. The third-order valence-electron chi connectivity index (χ3n) is 3.97. The highest BCUT2D eigenvalue weighted by molar-refractivity contribution is 5.74. The Kier molecular flexibility index (Phi) is 3.31. The normalized spacial score (nSPS) is 19.0. The lowest BCUT2D eigenvalue weighted by Gasteiger charge is -2.31. The first kappa shape index (κ1) is 13.3. The van der Waals surface area contributed by atoms with Crippen LogP contribution in [0.4, 0.5) is 6.01 Å². The number of rotatable bonds is 3. The lowest BCUT2D eigenvalue weighted by Crippen LogP contribution is -2.38. The monoisotopic (exact) mass is 298 g/mol. The molecule has 22 heavy (non-hydrogen) atoms. The maximum Gasteiger partial charge on any atom is 0.298 e. The van der Waals surface area contributed by atoms with E-state index in [0.29, 0.717) is 12.6 Å². The molecule has 0 bridgehead atoms. The maximum absolute atomic E-state index is 5.88. The molecule has 114 valence electrons. The quantitative estimate of drug-likeness (QED) is 0.744. The highest BCUT2D eigenvalue weighted by Gasteiger charge is 2.26. The van der Waals surface area contributed by atoms with Gasteiger partial charge in [-0.25, -0.2) is 0 Å². The molecule has 2 aromatic heterocycles. The summed E-state index contributed by atoms with van der Waals surface area (Å²) in [7, 11) is 0. The minimum Gasteiger partial charge on any atom is -0.423 e. The van der Waals surface area contributed by atoms with Gasteiger partial charge in [-0.3, -0.25) is 4.68 Å². The zero-order valence-corrected chi connectivity index (χ0v) is 12.5. The fourth-order valence-corrected chi connectivity index (χ4v) is 2.74. The third kappa shape index (κ3) is 2.35. The summed E-state index contributed by atoms with van der Waals surface area (Å²) in [5.41, 5.74) is 2.81. The molecule has 0 saturated carbocycles. The first-order valence-corrected chi connectivity index (χ1v) is 7.58. The zero-order valence-electron chi connectivity index (χ0n) is 12.5. The Morgan fingerprint density at radius 2 is 2.23 bits per heavy atom. The van der Waals surface area contributed by atoms with Gasteiger partial charge in [-0.15, -0.1) is 0 Å². The molecule has 3 heterocycles. The van der Waals surface area contributed by atoms with E-state index in [9.17, 15) is 0 Å². The van der Waals surface area contributed by atoms with Crippen LogP contribution in [0.5, 0.6) is 0 Å². The lowest BCUT2D eigenvalue weighted by molar-refractivity contribution is 0.0381. The summed E-state index contributed by atoms with van der Waals surface area (Å²) in [5.74, 6) is 0.